The van der Waals surface area contributed by atoms with Gasteiger partial charge in [0, 0.05) is 12.3 Å². The molecule has 0 aromatic heterocycles. The molecule has 0 aliphatic heterocycles. The molecule has 7 atom stereocenters. The van der Waals surface area contributed by atoms with Crippen LogP contribution in [0.25, 0.3) is 0 Å². The van der Waals surface area contributed by atoms with Crippen LogP contribution in [0.15, 0.2) is 24.3 Å². The number of quaternary nitrogens is 1. The largest absolute Gasteiger partial charge is 0.474 e. The fourth-order valence-electron chi connectivity index (χ4n) is 6.44. The van der Waals surface area contributed by atoms with E-state index in [0.717, 1.165) is 29.6 Å². The first-order chi connectivity index (χ1) is 10.3. The topological polar surface area (TPSA) is 16.6 Å². The monoisotopic (exact) mass is 301 g/mol. The average Bonchev–Trinajstić information content (AvgIpc) is 2.78. The van der Waals surface area contributed by atoms with Gasteiger partial charge in [-0.15, -0.1) is 0 Å². The van der Waals surface area contributed by atoms with E-state index in [2.05, 4.69) is 58.8 Å². The lowest BCUT2D eigenvalue weighted by molar-refractivity contribution is -0.688. The average molecular weight is 302 g/mol. The van der Waals surface area contributed by atoms with Crippen molar-refractivity contribution in [3.63, 3.8) is 0 Å². The molecule has 0 radical (unpaired) electrons. The van der Waals surface area contributed by atoms with E-state index in [1.807, 2.05) is 0 Å². The summed E-state index contributed by atoms with van der Waals surface area (Å²) in [6, 6.07) is 0. The predicted octanol–water partition coefficient (Wildman–Crippen LogP) is 4.33. The van der Waals surface area contributed by atoms with Crippen molar-refractivity contribution in [1.29, 1.82) is 0 Å². The van der Waals surface area contributed by atoms with Crippen LogP contribution in [-0.2, 0) is 0 Å². The molecule has 1 nitrogen and oxygen atoms in total. The minimum Gasteiger partial charge on any atom is -0.474 e. The molecule has 22 heavy (non-hydrogen) atoms. The zero-order valence-corrected chi connectivity index (χ0v) is 15.1. The summed E-state index contributed by atoms with van der Waals surface area (Å²) < 4.78 is 0. The van der Waals surface area contributed by atoms with Gasteiger partial charge in [0.15, 0.2) is 0 Å². The number of hydrogen-bond acceptors (Lipinski definition) is 0. The molecule has 3 fully saturated rings. The Morgan fingerprint density at radius 1 is 1.27 bits per heavy atom. The van der Waals surface area contributed by atoms with Gasteiger partial charge in [-0.05, 0) is 68.6 Å². The van der Waals surface area contributed by atoms with Crippen LogP contribution in [0.4, 0.5) is 0 Å². The third-order valence-electron chi connectivity index (χ3n) is 7.76. The van der Waals surface area contributed by atoms with Gasteiger partial charge >= 0.3 is 0 Å². The first kappa shape index (κ1) is 16.3. The zero-order chi connectivity index (χ0) is 16.1. The molecule has 0 amide bonds. The summed E-state index contributed by atoms with van der Waals surface area (Å²) >= 11 is 0. The fraction of sp³-hybridized carbons (Fsp3) is 0.762. The second-order valence-corrected chi connectivity index (χ2v) is 9.00. The van der Waals surface area contributed by atoms with Gasteiger partial charge in [-0.1, -0.05) is 38.2 Å². The third kappa shape index (κ3) is 2.23. The lowest BCUT2D eigenvalue weighted by Gasteiger charge is -2.56. The van der Waals surface area contributed by atoms with Crippen LogP contribution in [0.1, 0.15) is 59.8 Å². The Kier molecular flexibility index (Phi) is 4.08. The van der Waals surface area contributed by atoms with E-state index in [1.54, 1.807) is 0 Å². The van der Waals surface area contributed by atoms with Crippen molar-refractivity contribution in [2.24, 2.45) is 35.0 Å². The van der Waals surface area contributed by atoms with Crippen molar-refractivity contribution in [1.82, 2.24) is 0 Å². The summed E-state index contributed by atoms with van der Waals surface area (Å²) in [5, 5.41) is 2.29. The highest BCUT2D eigenvalue weighted by molar-refractivity contribution is 5.23. The molecule has 3 saturated carbocycles. The maximum atomic E-state index is 4.22. The highest BCUT2D eigenvalue weighted by atomic mass is 15.0. The van der Waals surface area contributed by atoms with E-state index in [9.17, 15) is 0 Å². The van der Waals surface area contributed by atoms with Gasteiger partial charge in [0.25, 0.3) is 0 Å². The van der Waals surface area contributed by atoms with Crippen LogP contribution < -0.4 is 5.32 Å². The zero-order valence-electron chi connectivity index (χ0n) is 15.1. The van der Waals surface area contributed by atoms with E-state index in [-0.39, 0.29) is 0 Å². The van der Waals surface area contributed by atoms with Crippen molar-refractivity contribution in [3.8, 4) is 0 Å². The van der Waals surface area contributed by atoms with Crippen molar-refractivity contribution < 1.29 is 5.32 Å². The molecule has 1 heteroatoms. The van der Waals surface area contributed by atoms with Gasteiger partial charge in [0.05, 0.1) is 5.54 Å². The van der Waals surface area contributed by atoms with Crippen LogP contribution in [0.2, 0.25) is 0 Å². The Labute approximate surface area is 137 Å². The molecule has 0 aromatic rings. The minimum absolute atomic E-state index is 0.355. The summed E-state index contributed by atoms with van der Waals surface area (Å²) in [6.45, 7) is 13.7. The summed E-state index contributed by atoms with van der Waals surface area (Å²) in [5.41, 5.74) is 1.96. The molecule has 0 heterocycles. The second-order valence-electron chi connectivity index (χ2n) is 9.00. The molecule has 0 spiro atoms. The molecule has 7 unspecified atom stereocenters. The van der Waals surface area contributed by atoms with E-state index >= 15 is 0 Å². The molecule has 3 rings (SSSR count). The van der Waals surface area contributed by atoms with Crippen LogP contribution in [0.3, 0.4) is 0 Å². The number of rotatable bonds is 3. The quantitative estimate of drug-likeness (QED) is 0.590. The lowest BCUT2D eigenvalue weighted by atomic mass is 9.50. The predicted molar refractivity (Wildman–Crippen MR) is 94.0 cm³/mol. The summed E-state index contributed by atoms with van der Waals surface area (Å²) in [6.07, 6.45) is 11.8. The standard InChI is InChI=1S/C21H35N/c1-14(2)9-12-21-13-15(3)17-10-11-20(5,22-6)18(19(17)21)8-7-16(21)4/h9,12,15-19H,1,6-8,10-11,13,22H2,2-5H3. The lowest BCUT2D eigenvalue weighted by Crippen LogP contribution is -2.94. The Morgan fingerprint density at radius 2 is 2.00 bits per heavy atom. The molecule has 2 N–H and O–H groups in total. The number of hydrogen-bond donors (Lipinski definition) is 1. The normalized spacial score (nSPS) is 51.0. The minimum atomic E-state index is 0.355. The van der Waals surface area contributed by atoms with E-state index in [1.165, 1.54) is 37.7 Å². The van der Waals surface area contributed by atoms with Crippen molar-refractivity contribution in [2.45, 2.75) is 65.3 Å². The van der Waals surface area contributed by atoms with Gasteiger partial charge < -0.3 is 5.32 Å². The summed E-state index contributed by atoms with van der Waals surface area (Å²) in [5.74, 6) is 4.30. The maximum absolute atomic E-state index is 4.22. The highest BCUT2D eigenvalue weighted by Gasteiger charge is 2.63. The van der Waals surface area contributed by atoms with Crippen molar-refractivity contribution in [3.05, 3.63) is 31.4 Å². The van der Waals surface area contributed by atoms with Crippen LogP contribution in [0.5, 0.6) is 0 Å². The van der Waals surface area contributed by atoms with Crippen molar-refractivity contribution in [2.75, 3.05) is 0 Å². The molecule has 0 bridgehead atoms. The first-order valence-electron chi connectivity index (χ1n) is 9.32. The highest BCUT2D eigenvalue weighted by Crippen LogP contribution is 2.66. The van der Waals surface area contributed by atoms with Gasteiger partial charge in [0.1, 0.15) is 0 Å². The van der Waals surface area contributed by atoms with Crippen LogP contribution >= 0.6 is 0 Å². The summed E-state index contributed by atoms with van der Waals surface area (Å²) in [4.78, 5) is 0. The SMILES string of the molecule is C=C(C)C=CC12CC(C)C3CCC(C)([NH2+][CH2-])C(CCC1C)C32. The summed E-state index contributed by atoms with van der Waals surface area (Å²) in [7, 11) is 4.22. The second kappa shape index (κ2) is 5.51. The van der Waals surface area contributed by atoms with Crippen LogP contribution in [-0.4, -0.2) is 5.54 Å². The first-order valence-corrected chi connectivity index (χ1v) is 9.32. The number of nitrogens with two attached hydrogens (primary N) is 1. The molecule has 3 aliphatic rings. The van der Waals surface area contributed by atoms with E-state index < -0.39 is 0 Å². The van der Waals surface area contributed by atoms with E-state index in [4.69, 9.17) is 0 Å². The molecule has 124 valence electrons. The van der Waals surface area contributed by atoms with Gasteiger partial charge in [-0.25, -0.2) is 0 Å². The van der Waals surface area contributed by atoms with E-state index in [0.29, 0.717) is 11.0 Å². The number of allylic oxidation sites excluding steroid dienone is 3. The molecule has 0 saturated heterocycles. The van der Waals surface area contributed by atoms with Gasteiger partial charge in [-0.3, -0.25) is 0 Å². The Hall–Kier alpha value is -0.560. The fourth-order valence-corrected chi connectivity index (χ4v) is 6.44. The van der Waals surface area contributed by atoms with Crippen LogP contribution in [0, 0.1) is 42.1 Å². The smallest absolute Gasteiger partial charge is 0.0726 e. The molecule has 3 aliphatic carbocycles. The Morgan fingerprint density at radius 3 is 2.64 bits per heavy atom. The molecular formula is C21H35N. The van der Waals surface area contributed by atoms with Gasteiger partial charge in [0.2, 0.25) is 0 Å². The third-order valence-corrected chi connectivity index (χ3v) is 7.76. The van der Waals surface area contributed by atoms with Gasteiger partial charge in [-0.2, -0.15) is 7.05 Å². The molecule has 0 aromatic carbocycles. The van der Waals surface area contributed by atoms with Crippen molar-refractivity contribution >= 4 is 0 Å². The Bertz CT molecular complexity index is 478. The maximum Gasteiger partial charge on any atom is 0.0726 e. The Balaban J connectivity index is 2.05. The molecular weight excluding hydrogens is 266 g/mol.